The van der Waals surface area contributed by atoms with Crippen LogP contribution in [-0.2, 0) is 0 Å². The summed E-state index contributed by atoms with van der Waals surface area (Å²) >= 11 is 0. The van der Waals surface area contributed by atoms with Gasteiger partial charge in [0.1, 0.15) is 0 Å². The highest BCUT2D eigenvalue weighted by atomic mass is 15.3. The third kappa shape index (κ3) is 4.74. The molecule has 0 amide bonds. The molecule has 0 saturated carbocycles. The van der Waals surface area contributed by atoms with E-state index in [0.717, 1.165) is 13.7 Å². The number of rotatable bonds is 5. The summed E-state index contributed by atoms with van der Waals surface area (Å²) in [4.78, 5) is 14.4. The lowest BCUT2D eigenvalue weighted by Gasteiger charge is -2.16. The van der Waals surface area contributed by atoms with Gasteiger partial charge in [0.2, 0.25) is 11.9 Å². The number of benzene rings is 8. The van der Waals surface area contributed by atoms with Gasteiger partial charge in [0, 0.05) is 37.9 Å². The lowest BCUT2D eigenvalue weighted by atomic mass is 10.0. The Labute approximate surface area is 366 Å². The Kier molecular flexibility index (Phi) is 3.18. The fraction of sp³-hybridized carbons (Fsp3) is 0. The van der Waals surface area contributed by atoms with Crippen LogP contribution in [0.15, 0.2) is 193 Å². The first-order valence-corrected chi connectivity index (χ1v) is 16.9. The van der Waals surface area contributed by atoms with E-state index in [2.05, 4.69) is 0 Å². The molecular weight excluding hydrogens is 697 g/mol. The zero-order valence-electron chi connectivity index (χ0n) is 56.5. The van der Waals surface area contributed by atoms with Gasteiger partial charge in [-0.25, -0.2) is 0 Å². The Morgan fingerprint density at radius 2 is 0.772 bits per heavy atom. The van der Waals surface area contributed by atoms with Crippen LogP contribution in [0.5, 0.6) is 0 Å². The van der Waals surface area contributed by atoms with E-state index in [4.69, 9.17) is 41.0 Å². The molecule has 57 heavy (non-hydrogen) atoms. The summed E-state index contributed by atoms with van der Waals surface area (Å²) in [7, 11) is 0. The molecule has 4 aromatic heterocycles. The lowest BCUT2D eigenvalue weighted by molar-refractivity contribution is 0.892. The van der Waals surface area contributed by atoms with Crippen molar-refractivity contribution in [2.24, 2.45) is 0 Å². The first-order valence-electron chi connectivity index (χ1n) is 30.9. The number of para-hydroxylation sites is 6. The van der Waals surface area contributed by atoms with Crippen LogP contribution in [0.2, 0.25) is 0 Å². The minimum atomic E-state index is -0.930. The molecule has 4 heterocycles. The zero-order chi connectivity index (χ0) is 61.8. The zero-order valence-corrected chi connectivity index (χ0v) is 28.5. The number of nitrogens with zero attached hydrogens (tertiary/aromatic N) is 6. The quantitative estimate of drug-likeness (QED) is 0.176. The van der Waals surface area contributed by atoms with Crippen LogP contribution in [0.3, 0.4) is 0 Å². The lowest BCUT2D eigenvalue weighted by Crippen LogP contribution is -2.11. The van der Waals surface area contributed by atoms with Crippen LogP contribution in [0.4, 0.5) is 0 Å². The van der Waals surface area contributed by atoms with Crippen LogP contribution >= 0.6 is 0 Å². The van der Waals surface area contributed by atoms with E-state index in [1.165, 1.54) is 24.3 Å². The van der Waals surface area contributed by atoms with Gasteiger partial charge in [-0.05, 0) is 59.5 Å². The SMILES string of the molecule is [2H]c1c([2H])c([2H])c(-c2c([2H])c([2H])c3c4c([2H])c([2H])c([2H])c([2H])c4n(-c4nc(-c5ccccc5-n5c6c([2H])c([2H])c([2H])c([2H])c6c6c([2H])c([2H])c([2H])c([2H])c65)nc(-n5c6c([2H])c([2H])c([2H])c([2H])c6c6c([2H])c([2H])c([2H])c([2H])c65)n4)c3c2[2H])c([2H])c1[2H]. The molecule has 0 aliphatic carbocycles. The normalized spacial score (nSPS) is 18.7. The second-order valence-electron chi connectivity index (χ2n) is 12.4. The van der Waals surface area contributed by atoms with E-state index in [1.54, 1.807) is 0 Å². The standard InChI is InChI=1S/C51H32N6/c1-2-16-33(17-3-1)34-30-31-40-39-22-8-14-28-46(39)57(48(40)32-34)51-53-49(52-50(54-51)56-44-26-12-6-20-37(44)38-21-7-13-27-45(38)56)41-23-9-15-29-47(41)55-42-24-10-4-18-35(42)36-19-5-11-25-43(36)55/h1-32H/i1D,2D,3D,4D,5D,6D,7D,8D,10D,11D,12D,13D,14D,16D,17D,18D,19D,20D,21D,22D,24D,25D,26D,27D,28D,30D,31D,32D. The van der Waals surface area contributed by atoms with Gasteiger partial charge in [0.25, 0.3) is 0 Å². The second-order valence-corrected chi connectivity index (χ2v) is 12.4. The Morgan fingerprint density at radius 3 is 1.30 bits per heavy atom. The Morgan fingerprint density at radius 1 is 0.351 bits per heavy atom. The molecule has 0 aliphatic rings. The highest BCUT2D eigenvalue weighted by molar-refractivity contribution is 6.12. The van der Waals surface area contributed by atoms with E-state index in [9.17, 15) is 12.3 Å². The summed E-state index contributed by atoms with van der Waals surface area (Å²) in [6.45, 7) is 0. The van der Waals surface area contributed by atoms with Crippen molar-refractivity contribution in [1.82, 2.24) is 28.7 Å². The van der Waals surface area contributed by atoms with Gasteiger partial charge < -0.3 is 4.57 Å². The van der Waals surface area contributed by atoms with Crippen LogP contribution in [-0.4, -0.2) is 28.7 Å². The number of aromatic nitrogens is 6. The van der Waals surface area contributed by atoms with Crippen molar-refractivity contribution in [1.29, 1.82) is 0 Å². The minimum Gasteiger partial charge on any atom is -0.309 e. The molecule has 0 N–H and O–H groups in total. The van der Waals surface area contributed by atoms with Crippen molar-refractivity contribution in [2.75, 3.05) is 0 Å². The Bertz CT molecular complexity index is 5000. The first-order chi connectivity index (χ1) is 39.9. The molecule has 12 rings (SSSR count). The van der Waals surface area contributed by atoms with Gasteiger partial charge in [-0.2, -0.15) is 15.0 Å². The highest BCUT2D eigenvalue weighted by Crippen LogP contribution is 2.38. The summed E-state index contributed by atoms with van der Waals surface area (Å²) in [5.74, 6) is -2.24. The van der Waals surface area contributed by atoms with Crippen molar-refractivity contribution in [3.8, 4) is 40.1 Å². The monoisotopic (exact) mass is 756 g/mol. The van der Waals surface area contributed by atoms with Crippen LogP contribution in [0.1, 0.15) is 38.4 Å². The average molecular weight is 757 g/mol. The Balaban J connectivity index is 1.36. The molecule has 0 fully saturated rings. The summed E-state index contributed by atoms with van der Waals surface area (Å²) in [5, 5.41) is -2.69. The van der Waals surface area contributed by atoms with E-state index in [0.29, 0.717) is 0 Å². The van der Waals surface area contributed by atoms with Gasteiger partial charge in [0.15, 0.2) is 5.82 Å². The molecule has 0 aliphatic heterocycles. The van der Waals surface area contributed by atoms with Crippen molar-refractivity contribution < 1.29 is 38.4 Å². The van der Waals surface area contributed by atoms with Crippen LogP contribution in [0.25, 0.3) is 106 Å². The third-order valence-electron chi connectivity index (χ3n) is 9.37. The van der Waals surface area contributed by atoms with Crippen molar-refractivity contribution in [2.45, 2.75) is 0 Å². The number of hydrogen-bond donors (Lipinski definition) is 0. The smallest absolute Gasteiger partial charge is 0.240 e. The summed E-state index contributed by atoms with van der Waals surface area (Å²) < 4.78 is 255. The molecule has 6 nitrogen and oxygen atoms in total. The molecule has 0 spiro atoms. The largest absolute Gasteiger partial charge is 0.309 e. The van der Waals surface area contributed by atoms with Gasteiger partial charge in [-0.3, -0.25) is 9.13 Å². The second kappa shape index (κ2) is 12.3. The molecule has 6 heteroatoms. The van der Waals surface area contributed by atoms with Crippen molar-refractivity contribution in [3.05, 3.63) is 193 Å². The van der Waals surface area contributed by atoms with Crippen molar-refractivity contribution >= 4 is 65.4 Å². The molecule has 0 radical (unpaired) electrons. The van der Waals surface area contributed by atoms with Gasteiger partial charge in [0.05, 0.1) is 77.2 Å². The fourth-order valence-electron chi connectivity index (χ4n) is 7.03. The minimum absolute atomic E-state index is 0.201. The molecule has 0 bridgehead atoms. The van der Waals surface area contributed by atoms with Crippen LogP contribution < -0.4 is 0 Å². The van der Waals surface area contributed by atoms with E-state index in [-0.39, 0.29) is 33.1 Å². The number of hydrogen-bond acceptors (Lipinski definition) is 3. The topological polar surface area (TPSA) is 53.5 Å². The predicted octanol–water partition coefficient (Wildman–Crippen LogP) is 12.5. The van der Waals surface area contributed by atoms with Gasteiger partial charge in [-0.1, -0.05) is 145 Å². The average Bonchev–Trinajstić information content (AvgIpc) is 1.62. The summed E-state index contributed by atoms with van der Waals surface area (Å²) in [5.41, 5.74) is -5.07. The van der Waals surface area contributed by atoms with E-state index < -0.39 is 242 Å². The molecular formula is C51H32N6. The fourth-order valence-corrected chi connectivity index (χ4v) is 7.03. The van der Waals surface area contributed by atoms with Gasteiger partial charge in [-0.15, -0.1) is 0 Å². The van der Waals surface area contributed by atoms with E-state index >= 15 is 0 Å². The molecule has 0 unspecified atom stereocenters. The Hall–Kier alpha value is -7.83. The molecule has 266 valence electrons. The van der Waals surface area contributed by atoms with Crippen molar-refractivity contribution in [3.63, 3.8) is 0 Å². The summed E-state index contributed by atoms with van der Waals surface area (Å²) in [6.07, 6.45) is 0. The summed E-state index contributed by atoms with van der Waals surface area (Å²) in [6, 6.07) is -17.8. The number of fused-ring (bicyclic) bond motifs is 9. The predicted molar refractivity (Wildman–Crippen MR) is 234 cm³/mol. The molecule has 0 saturated heterocycles. The maximum Gasteiger partial charge on any atom is 0.240 e. The van der Waals surface area contributed by atoms with Crippen LogP contribution in [0, 0.1) is 0 Å². The maximum absolute atomic E-state index is 9.96. The first kappa shape index (κ1) is 14.7. The maximum atomic E-state index is 9.96. The highest BCUT2D eigenvalue weighted by Gasteiger charge is 2.23. The van der Waals surface area contributed by atoms with E-state index in [1.807, 2.05) is 0 Å². The molecule has 8 aromatic carbocycles. The third-order valence-corrected chi connectivity index (χ3v) is 9.37. The molecule has 0 atom stereocenters. The molecule has 12 aromatic rings. The van der Waals surface area contributed by atoms with Gasteiger partial charge >= 0.3 is 0 Å².